The molecule has 1 aliphatic heterocycles. The minimum Gasteiger partial charge on any atom is -0.469 e. The van der Waals surface area contributed by atoms with E-state index in [1.165, 1.54) is 0 Å². The largest absolute Gasteiger partial charge is 0.469 e. The number of thioether (sulfide) groups is 1. The number of amidine groups is 1. The summed E-state index contributed by atoms with van der Waals surface area (Å²) in [6.07, 6.45) is 9.45. The number of nitrogens with one attached hydrogen (secondary N) is 3. The highest BCUT2D eigenvalue weighted by molar-refractivity contribution is 7.99. The summed E-state index contributed by atoms with van der Waals surface area (Å²) >= 11 is 1.90. The Morgan fingerprint density at radius 3 is 2.77 bits per heavy atom. The molecule has 2 aromatic heterocycles. The molecule has 0 atom stereocenters. The topological polar surface area (TPSA) is 93.7 Å². The molecule has 3 N–H and O–H groups in total. The zero-order chi connectivity index (χ0) is 25.0. The summed E-state index contributed by atoms with van der Waals surface area (Å²) in [5, 5.41) is 10.3. The molecule has 3 heterocycles. The van der Waals surface area contributed by atoms with Gasteiger partial charge in [-0.05, 0) is 57.3 Å². The number of aryl methyl sites for hydroxylation is 2. The second kappa shape index (κ2) is 13.4. The summed E-state index contributed by atoms with van der Waals surface area (Å²) in [7, 11) is 0. The Morgan fingerprint density at radius 2 is 2.11 bits per heavy atom. The molecular weight excluding hydrogens is 465 g/mol. The number of halogens is 1. The predicted molar refractivity (Wildman–Crippen MR) is 145 cm³/mol. The molecule has 0 amide bonds. The van der Waals surface area contributed by atoms with Crippen LogP contribution in [0.3, 0.4) is 0 Å². The Hall–Kier alpha value is -3.53. The molecular formula is C25H32FN7OS. The van der Waals surface area contributed by atoms with Crippen LogP contribution in [0.15, 0.2) is 58.3 Å². The Balaban J connectivity index is 1.72. The second-order valence-corrected chi connectivity index (χ2v) is 9.03. The van der Waals surface area contributed by atoms with E-state index in [9.17, 15) is 4.39 Å². The van der Waals surface area contributed by atoms with Gasteiger partial charge in [0, 0.05) is 48.1 Å². The van der Waals surface area contributed by atoms with Crippen LogP contribution in [-0.2, 0) is 4.74 Å². The van der Waals surface area contributed by atoms with Crippen LogP contribution in [0, 0.1) is 13.8 Å². The Kier molecular flexibility index (Phi) is 9.97. The van der Waals surface area contributed by atoms with Crippen molar-refractivity contribution in [3.63, 3.8) is 0 Å². The van der Waals surface area contributed by atoms with Gasteiger partial charge in [0.05, 0.1) is 5.69 Å². The first kappa shape index (κ1) is 26.1. The lowest BCUT2D eigenvalue weighted by Gasteiger charge is -2.28. The summed E-state index contributed by atoms with van der Waals surface area (Å²) in [4.78, 5) is 14.1. The van der Waals surface area contributed by atoms with Gasteiger partial charge in [0.1, 0.15) is 23.7 Å². The number of hydrogen-bond donors (Lipinski definition) is 3. The van der Waals surface area contributed by atoms with Crippen molar-refractivity contribution in [2.75, 3.05) is 36.6 Å². The van der Waals surface area contributed by atoms with Gasteiger partial charge in [0.15, 0.2) is 12.5 Å². The van der Waals surface area contributed by atoms with Crippen molar-refractivity contribution in [3.05, 3.63) is 70.9 Å². The Bertz CT molecular complexity index is 1140. The van der Waals surface area contributed by atoms with Crippen molar-refractivity contribution in [2.24, 2.45) is 9.98 Å². The molecule has 8 nitrogen and oxygen atoms in total. The maximum Gasteiger partial charge on any atom is 0.181 e. The van der Waals surface area contributed by atoms with Gasteiger partial charge in [-0.25, -0.2) is 14.4 Å². The first-order valence-electron chi connectivity index (χ1n) is 11.3. The molecule has 10 heteroatoms. The number of anilines is 1. The highest BCUT2D eigenvalue weighted by atomic mass is 32.2. The van der Waals surface area contributed by atoms with Crippen LogP contribution in [0.4, 0.5) is 10.2 Å². The van der Waals surface area contributed by atoms with E-state index in [0.717, 1.165) is 47.2 Å². The molecule has 0 unspecified atom stereocenters. The van der Waals surface area contributed by atoms with E-state index in [4.69, 9.17) is 4.74 Å². The molecule has 2 aromatic rings. The Morgan fingerprint density at radius 1 is 1.31 bits per heavy atom. The number of hydrogen-bond acceptors (Lipinski definition) is 6. The normalized spacial score (nSPS) is 15.9. The lowest BCUT2D eigenvalue weighted by molar-refractivity contribution is 0.228. The van der Waals surface area contributed by atoms with Gasteiger partial charge in [-0.1, -0.05) is 6.08 Å². The van der Waals surface area contributed by atoms with E-state index in [1.54, 1.807) is 18.2 Å². The van der Waals surface area contributed by atoms with Gasteiger partial charge in [0.2, 0.25) is 0 Å². The maximum atomic E-state index is 13.4. The number of ether oxygens (including phenoxy) is 1. The van der Waals surface area contributed by atoms with Gasteiger partial charge in [-0.2, -0.15) is 16.9 Å². The number of aromatic nitrogens is 3. The lowest BCUT2D eigenvalue weighted by Crippen LogP contribution is -2.37. The fourth-order valence-corrected chi connectivity index (χ4v) is 4.35. The molecule has 1 aliphatic rings. The maximum absolute atomic E-state index is 13.4. The summed E-state index contributed by atoms with van der Waals surface area (Å²) in [6.45, 7) is 11.2. The SMILES string of the molecule is C=N/C(=C\C(=N/COC(/C=C\c1[nH]c(C)cc1C)=C\F)N1CCSCC1)Nc1cc(/C=C/C)[nH]n1. The van der Waals surface area contributed by atoms with Crippen molar-refractivity contribution < 1.29 is 9.13 Å². The van der Waals surface area contributed by atoms with Crippen LogP contribution >= 0.6 is 11.8 Å². The molecule has 0 saturated carbocycles. The third-order valence-electron chi connectivity index (χ3n) is 5.14. The summed E-state index contributed by atoms with van der Waals surface area (Å²) in [5.74, 6) is 3.88. The molecule has 1 fully saturated rings. The van der Waals surface area contributed by atoms with Crippen LogP contribution < -0.4 is 5.32 Å². The van der Waals surface area contributed by atoms with E-state index in [2.05, 4.69) is 42.1 Å². The van der Waals surface area contributed by atoms with Crippen molar-refractivity contribution in [3.8, 4) is 0 Å². The van der Waals surface area contributed by atoms with Crippen molar-refractivity contribution in [1.29, 1.82) is 0 Å². The molecule has 0 aliphatic carbocycles. The third-order valence-corrected chi connectivity index (χ3v) is 6.08. The van der Waals surface area contributed by atoms with Crippen LogP contribution in [0.2, 0.25) is 0 Å². The van der Waals surface area contributed by atoms with Gasteiger partial charge in [-0.3, -0.25) is 5.10 Å². The number of aromatic amines is 2. The highest BCUT2D eigenvalue weighted by Gasteiger charge is 2.15. The first-order chi connectivity index (χ1) is 17.0. The van der Waals surface area contributed by atoms with E-state index < -0.39 is 0 Å². The van der Waals surface area contributed by atoms with Crippen LogP contribution in [0.25, 0.3) is 12.2 Å². The average Bonchev–Trinajstić information content (AvgIpc) is 3.44. The van der Waals surface area contributed by atoms with Crippen molar-refractivity contribution >= 4 is 42.3 Å². The van der Waals surface area contributed by atoms with Gasteiger partial charge < -0.3 is 19.9 Å². The second-order valence-electron chi connectivity index (χ2n) is 7.80. The van der Waals surface area contributed by atoms with E-state index in [1.807, 2.05) is 56.8 Å². The summed E-state index contributed by atoms with van der Waals surface area (Å²) in [6, 6.07) is 3.90. The van der Waals surface area contributed by atoms with E-state index in [-0.39, 0.29) is 12.5 Å². The van der Waals surface area contributed by atoms with E-state index >= 15 is 0 Å². The number of H-pyrrole nitrogens is 2. The van der Waals surface area contributed by atoms with Gasteiger partial charge in [-0.15, -0.1) is 0 Å². The monoisotopic (exact) mass is 497 g/mol. The van der Waals surface area contributed by atoms with Crippen molar-refractivity contribution in [1.82, 2.24) is 20.1 Å². The third kappa shape index (κ3) is 8.03. The van der Waals surface area contributed by atoms with Crippen LogP contribution in [-0.4, -0.2) is 64.0 Å². The lowest BCUT2D eigenvalue weighted by atomic mass is 10.2. The predicted octanol–water partition coefficient (Wildman–Crippen LogP) is 5.29. The zero-order valence-electron chi connectivity index (χ0n) is 20.3. The minimum absolute atomic E-state index is 0.0451. The van der Waals surface area contributed by atoms with Crippen LogP contribution in [0.1, 0.15) is 29.6 Å². The molecule has 0 bridgehead atoms. The Labute approximate surface area is 209 Å². The molecule has 1 saturated heterocycles. The quantitative estimate of drug-likeness (QED) is 0.180. The number of rotatable bonds is 10. The molecule has 35 heavy (non-hydrogen) atoms. The summed E-state index contributed by atoms with van der Waals surface area (Å²) < 4.78 is 19.0. The molecule has 0 spiro atoms. The summed E-state index contributed by atoms with van der Waals surface area (Å²) in [5.41, 5.74) is 3.91. The molecule has 0 aromatic carbocycles. The van der Waals surface area contributed by atoms with Gasteiger partial charge >= 0.3 is 0 Å². The fraction of sp³-hybridized carbons (Fsp3) is 0.320. The fourth-order valence-electron chi connectivity index (χ4n) is 3.45. The minimum atomic E-state index is -0.0451. The van der Waals surface area contributed by atoms with E-state index in [0.29, 0.717) is 23.8 Å². The average molecular weight is 498 g/mol. The van der Waals surface area contributed by atoms with Gasteiger partial charge in [0.25, 0.3) is 0 Å². The number of aliphatic imine (C=N–C) groups is 2. The first-order valence-corrected chi connectivity index (χ1v) is 12.5. The van der Waals surface area contributed by atoms with Crippen molar-refractivity contribution in [2.45, 2.75) is 20.8 Å². The molecule has 186 valence electrons. The van der Waals surface area contributed by atoms with Crippen LogP contribution in [0.5, 0.6) is 0 Å². The molecule has 3 rings (SSSR count). The number of nitrogens with zero attached hydrogens (tertiary/aromatic N) is 4. The zero-order valence-corrected chi connectivity index (χ0v) is 21.2. The smallest absolute Gasteiger partial charge is 0.181 e. The standard InChI is InChI=1S/C25H32FN7OS/c1-5-6-20-14-24(32-31-20)30-23(27-4)15-25(33-9-11-35-12-10-33)28-17-34-21(16-26)7-8-22-18(2)13-19(3)29-22/h5-8,13-16,29H,4,9-12,17H2,1-3H3,(H2,30,31,32)/b6-5+,8-7-,21-16-,23-15+,28-25+. The number of allylic oxidation sites excluding steroid dienone is 2. The highest BCUT2D eigenvalue weighted by Crippen LogP contribution is 2.15. The molecule has 0 radical (unpaired) electrons.